The fourth-order valence-electron chi connectivity index (χ4n) is 2.19. The first-order valence-electron chi connectivity index (χ1n) is 7.89. The number of phenolic OH excluding ortho intramolecular Hbond substituents is 1. The molecular formula is C18H27NO3. The zero-order chi connectivity index (χ0) is 16.4. The van der Waals surface area contributed by atoms with Gasteiger partial charge in [0.1, 0.15) is 0 Å². The molecule has 0 heterocycles. The number of phenols is 1. The fourth-order valence-corrected chi connectivity index (χ4v) is 2.19. The van der Waals surface area contributed by atoms with E-state index in [1.165, 1.54) is 7.11 Å². The van der Waals surface area contributed by atoms with E-state index in [-0.39, 0.29) is 17.7 Å². The van der Waals surface area contributed by atoms with Gasteiger partial charge in [0.05, 0.1) is 13.2 Å². The van der Waals surface area contributed by atoms with Crippen molar-refractivity contribution in [3.8, 4) is 11.5 Å². The van der Waals surface area contributed by atoms with E-state index in [1.54, 1.807) is 18.2 Å². The molecule has 1 rings (SSSR count). The molecule has 0 bridgehead atoms. The highest BCUT2D eigenvalue weighted by Gasteiger charge is 2.11. The minimum atomic E-state index is -0.109. The molecule has 0 fully saturated rings. The van der Waals surface area contributed by atoms with E-state index in [0.29, 0.717) is 12.2 Å². The van der Waals surface area contributed by atoms with Crippen LogP contribution in [0.2, 0.25) is 0 Å². The molecule has 0 aliphatic carbocycles. The van der Waals surface area contributed by atoms with Crippen LogP contribution in [0.5, 0.6) is 11.5 Å². The lowest BCUT2D eigenvalue weighted by atomic mass is 10.1. The number of carbonyl (C=O) groups is 1. The molecule has 0 aliphatic heterocycles. The lowest BCUT2D eigenvalue weighted by Gasteiger charge is -2.15. The number of rotatable bonds is 9. The molecule has 2 N–H and O–H groups in total. The molecule has 1 unspecified atom stereocenters. The van der Waals surface area contributed by atoms with Gasteiger partial charge in [0.2, 0.25) is 5.91 Å². The molecule has 4 nitrogen and oxygen atoms in total. The van der Waals surface area contributed by atoms with Crippen molar-refractivity contribution in [3.63, 3.8) is 0 Å². The van der Waals surface area contributed by atoms with Crippen molar-refractivity contribution >= 4 is 5.91 Å². The number of allylic oxidation sites excluding steroid dienone is 2. The molecule has 122 valence electrons. The minimum absolute atomic E-state index is 0.0546. The third-order valence-corrected chi connectivity index (χ3v) is 3.51. The third kappa shape index (κ3) is 6.20. The first kappa shape index (κ1) is 18.1. The molecule has 0 radical (unpaired) electrons. The second kappa shape index (κ2) is 9.87. The zero-order valence-corrected chi connectivity index (χ0v) is 13.8. The van der Waals surface area contributed by atoms with E-state index in [4.69, 9.17) is 4.74 Å². The van der Waals surface area contributed by atoms with Gasteiger partial charge >= 0.3 is 0 Å². The molecule has 1 amide bonds. The summed E-state index contributed by atoms with van der Waals surface area (Å²) in [4.78, 5) is 11.9. The summed E-state index contributed by atoms with van der Waals surface area (Å²) in [6, 6.07) is 5.01. The summed E-state index contributed by atoms with van der Waals surface area (Å²) in [5, 5.41) is 12.6. The quantitative estimate of drug-likeness (QED) is 0.533. The Balaban J connectivity index is 2.39. The van der Waals surface area contributed by atoms with Crippen molar-refractivity contribution in [2.45, 2.75) is 52.0 Å². The molecule has 0 aromatic heterocycles. The van der Waals surface area contributed by atoms with Crippen LogP contribution in [0.3, 0.4) is 0 Å². The number of hydrogen-bond donors (Lipinski definition) is 2. The van der Waals surface area contributed by atoms with Crippen molar-refractivity contribution in [2.75, 3.05) is 7.11 Å². The van der Waals surface area contributed by atoms with Crippen molar-refractivity contribution in [1.29, 1.82) is 0 Å². The predicted octanol–water partition coefficient (Wildman–Crippen LogP) is 4.10. The topological polar surface area (TPSA) is 58.6 Å². The summed E-state index contributed by atoms with van der Waals surface area (Å²) in [7, 11) is 1.51. The van der Waals surface area contributed by atoms with Crippen LogP contribution in [-0.2, 0) is 4.79 Å². The van der Waals surface area contributed by atoms with Gasteiger partial charge in [-0.15, -0.1) is 0 Å². The van der Waals surface area contributed by atoms with E-state index < -0.39 is 0 Å². The van der Waals surface area contributed by atoms with E-state index in [0.717, 1.165) is 31.2 Å². The van der Waals surface area contributed by atoms with Crippen LogP contribution >= 0.6 is 0 Å². The average molecular weight is 305 g/mol. The highest BCUT2D eigenvalue weighted by molar-refractivity contribution is 5.76. The van der Waals surface area contributed by atoms with Crippen molar-refractivity contribution in [1.82, 2.24) is 5.32 Å². The Morgan fingerprint density at radius 3 is 2.82 bits per heavy atom. The maximum absolute atomic E-state index is 11.9. The smallest absolute Gasteiger partial charge is 0.220 e. The molecule has 0 aliphatic rings. The Labute approximate surface area is 133 Å². The number of carbonyl (C=O) groups excluding carboxylic acids is 1. The number of benzene rings is 1. The molecule has 22 heavy (non-hydrogen) atoms. The highest BCUT2D eigenvalue weighted by atomic mass is 16.5. The minimum Gasteiger partial charge on any atom is -0.504 e. The van der Waals surface area contributed by atoms with Gasteiger partial charge < -0.3 is 15.2 Å². The maximum atomic E-state index is 11.9. The molecule has 1 atom stereocenters. The molecule has 0 saturated carbocycles. The summed E-state index contributed by atoms with van der Waals surface area (Å²) in [6.07, 6.45) is 8.89. The van der Waals surface area contributed by atoms with Crippen LogP contribution in [0.1, 0.15) is 57.6 Å². The Morgan fingerprint density at radius 2 is 2.14 bits per heavy atom. The normalized spacial score (nSPS) is 12.3. The largest absolute Gasteiger partial charge is 0.504 e. The first-order valence-corrected chi connectivity index (χ1v) is 7.89. The monoisotopic (exact) mass is 305 g/mol. The zero-order valence-electron chi connectivity index (χ0n) is 13.8. The van der Waals surface area contributed by atoms with Crippen molar-refractivity contribution in [2.24, 2.45) is 0 Å². The number of nitrogens with one attached hydrogen (secondary N) is 1. The Hall–Kier alpha value is -1.97. The molecule has 0 saturated heterocycles. The molecule has 0 spiro atoms. The van der Waals surface area contributed by atoms with Crippen LogP contribution in [0.4, 0.5) is 0 Å². The van der Waals surface area contributed by atoms with Crippen LogP contribution in [0, 0.1) is 0 Å². The van der Waals surface area contributed by atoms with Crippen LogP contribution < -0.4 is 10.1 Å². The van der Waals surface area contributed by atoms with Gasteiger partial charge in [-0.1, -0.05) is 25.1 Å². The fraction of sp³-hybridized carbons (Fsp3) is 0.500. The standard InChI is InChI=1S/C18H27NO3/c1-4-5-6-7-8-9-10-18(21)19-14(2)15-11-12-16(20)17(13-15)22-3/h5-6,11-14,20H,4,7-10H2,1-3H3,(H,19,21). The maximum Gasteiger partial charge on any atom is 0.220 e. The second-order valence-electron chi connectivity index (χ2n) is 5.35. The van der Waals surface area contributed by atoms with Gasteiger partial charge in [-0.2, -0.15) is 0 Å². The van der Waals surface area contributed by atoms with E-state index in [1.807, 2.05) is 6.92 Å². The SMILES string of the molecule is CCC=CCCCCC(=O)NC(C)c1ccc(O)c(OC)c1. The lowest BCUT2D eigenvalue weighted by molar-refractivity contribution is -0.121. The van der Waals surface area contributed by atoms with Crippen molar-refractivity contribution < 1.29 is 14.6 Å². The average Bonchev–Trinajstić information content (AvgIpc) is 2.51. The number of aromatic hydroxyl groups is 1. The lowest BCUT2D eigenvalue weighted by Crippen LogP contribution is -2.26. The highest BCUT2D eigenvalue weighted by Crippen LogP contribution is 2.28. The Morgan fingerprint density at radius 1 is 1.36 bits per heavy atom. The third-order valence-electron chi connectivity index (χ3n) is 3.51. The number of methoxy groups -OCH3 is 1. The van der Waals surface area contributed by atoms with Gasteiger partial charge in [-0.3, -0.25) is 4.79 Å². The summed E-state index contributed by atoms with van der Waals surface area (Å²) in [6.45, 7) is 4.04. The Bertz CT molecular complexity index is 497. The van der Waals surface area contributed by atoms with E-state index in [2.05, 4.69) is 24.4 Å². The van der Waals surface area contributed by atoms with E-state index >= 15 is 0 Å². The van der Waals surface area contributed by atoms with Crippen LogP contribution in [0.15, 0.2) is 30.4 Å². The number of hydrogen-bond acceptors (Lipinski definition) is 3. The molecule has 4 heteroatoms. The van der Waals surface area contributed by atoms with Crippen molar-refractivity contribution in [3.05, 3.63) is 35.9 Å². The second-order valence-corrected chi connectivity index (χ2v) is 5.35. The number of ether oxygens (including phenoxy) is 1. The summed E-state index contributed by atoms with van der Waals surface area (Å²) in [5.41, 5.74) is 0.911. The summed E-state index contributed by atoms with van der Waals surface area (Å²) < 4.78 is 5.08. The van der Waals surface area contributed by atoms with Crippen LogP contribution in [0.25, 0.3) is 0 Å². The molecule has 1 aromatic carbocycles. The van der Waals surface area contributed by atoms with Gasteiger partial charge in [-0.25, -0.2) is 0 Å². The van der Waals surface area contributed by atoms with Gasteiger partial charge in [0.15, 0.2) is 11.5 Å². The molecular weight excluding hydrogens is 278 g/mol. The number of unbranched alkanes of at least 4 members (excludes halogenated alkanes) is 2. The van der Waals surface area contributed by atoms with Crippen LogP contribution in [-0.4, -0.2) is 18.1 Å². The van der Waals surface area contributed by atoms with Gasteiger partial charge in [-0.05, 0) is 50.3 Å². The predicted molar refractivity (Wildman–Crippen MR) is 89.1 cm³/mol. The Kier molecular flexibility index (Phi) is 8.11. The first-order chi connectivity index (χ1) is 10.6. The summed E-state index contributed by atoms with van der Waals surface area (Å²) >= 11 is 0. The van der Waals surface area contributed by atoms with Gasteiger partial charge in [0.25, 0.3) is 0 Å². The molecule has 1 aromatic rings. The number of amides is 1. The summed E-state index contributed by atoms with van der Waals surface area (Å²) in [5.74, 6) is 0.574. The van der Waals surface area contributed by atoms with Gasteiger partial charge in [0, 0.05) is 6.42 Å². The van der Waals surface area contributed by atoms with E-state index in [9.17, 15) is 9.90 Å².